The van der Waals surface area contributed by atoms with Crippen LogP contribution in [-0.2, 0) is 7.05 Å². The number of methoxy groups -OCH3 is 1. The van der Waals surface area contributed by atoms with Crippen LogP contribution in [-0.4, -0.2) is 58.9 Å². The molecule has 0 aliphatic carbocycles. The van der Waals surface area contributed by atoms with Gasteiger partial charge in [-0.3, -0.25) is 9.48 Å². The highest BCUT2D eigenvalue weighted by molar-refractivity contribution is 6.03. The van der Waals surface area contributed by atoms with Crippen LogP contribution in [0.25, 0.3) is 11.3 Å². The molecule has 178 valence electrons. The molecular formula is C26H27N7O2. The average molecular weight is 470 g/mol. The maximum Gasteiger partial charge on any atom is 0.275 e. The fraction of sp³-hybridized carbons (Fsp3) is 0.231. The molecule has 0 bridgehead atoms. The van der Waals surface area contributed by atoms with Crippen molar-refractivity contribution < 1.29 is 9.53 Å². The molecule has 1 aliphatic heterocycles. The summed E-state index contributed by atoms with van der Waals surface area (Å²) in [6.45, 7) is 3.48. The Labute approximate surface area is 204 Å². The van der Waals surface area contributed by atoms with Gasteiger partial charge >= 0.3 is 0 Å². The van der Waals surface area contributed by atoms with Gasteiger partial charge in [0.1, 0.15) is 29.4 Å². The van der Waals surface area contributed by atoms with E-state index in [4.69, 9.17) is 4.74 Å². The second kappa shape index (κ2) is 9.84. The van der Waals surface area contributed by atoms with E-state index in [-0.39, 0.29) is 5.91 Å². The van der Waals surface area contributed by atoms with Crippen LogP contribution in [0.1, 0.15) is 10.5 Å². The van der Waals surface area contributed by atoms with Crippen LogP contribution in [0.4, 0.5) is 17.3 Å². The fourth-order valence-corrected chi connectivity index (χ4v) is 4.20. The molecule has 1 aliphatic rings. The lowest BCUT2D eigenvalue weighted by Crippen LogP contribution is -2.46. The Balaban J connectivity index is 1.26. The molecule has 0 radical (unpaired) electrons. The van der Waals surface area contributed by atoms with Gasteiger partial charge in [-0.2, -0.15) is 5.10 Å². The number of anilines is 3. The number of hydrogen-bond donors (Lipinski definition) is 1. The van der Waals surface area contributed by atoms with Crippen molar-refractivity contribution >= 4 is 23.2 Å². The van der Waals surface area contributed by atoms with Crippen molar-refractivity contribution in [3.8, 4) is 17.0 Å². The Kier molecular flexibility index (Phi) is 6.30. The van der Waals surface area contributed by atoms with E-state index in [2.05, 4.69) is 54.4 Å². The molecule has 0 saturated carbocycles. The van der Waals surface area contributed by atoms with Crippen LogP contribution in [0.15, 0.2) is 73.1 Å². The lowest BCUT2D eigenvalue weighted by molar-refractivity contribution is 0.101. The number of ether oxygens (including phenoxy) is 1. The number of carbonyl (C=O) groups is 1. The van der Waals surface area contributed by atoms with Crippen LogP contribution in [0.3, 0.4) is 0 Å². The zero-order chi connectivity index (χ0) is 24.2. The summed E-state index contributed by atoms with van der Waals surface area (Å²) in [5.74, 6) is 1.70. The first kappa shape index (κ1) is 22.4. The van der Waals surface area contributed by atoms with Gasteiger partial charge in [0.15, 0.2) is 0 Å². The number of piperazine rings is 1. The van der Waals surface area contributed by atoms with Gasteiger partial charge in [0, 0.05) is 50.5 Å². The van der Waals surface area contributed by atoms with Crippen LogP contribution in [0.2, 0.25) is 0 Å². The molecule has 5 rings (SSSR count). The molecular weight excluding hydrogens is 442 g/mol. The molecule has 1 N–H and O–H groups in total. The first-order valence-corrected chi connectivity index (χ1v) is 11.5. The van der Waals surface area contributed by atoms with Crippen molar-refractivity contribution in [1.29, 1.82) is 0 Å². The van der Waals surface area contributed by atoms with Gasteiger partial charge in [-0.05, 0) is 30.3 Å². The number of para-hydroxylation sites is 1. The van der Waals surface area contributed by atoms with E-state index in [0.29, 0.717) is 17.2 Å². The molecule has 2 aromatic carbocycles. The van der Waals surface area contributed by atoms with E-state index in [0.717, 1.165) is 43.3 Å². The lowest BCUT2D eigenvalue weighted by atomic mass is 10.1. The summed E-state index contributed by atoms with van der Waals surface area (Å²) in [5.41, 5.74) is 3.22. The summed E-state index contributed by atoms with van der Waals surface area (Å²) >= 11 is 0. The normalized spacial score (nSPS) is 13.5. The number of benzene rings is 2. The molecule has 9 heteroatoms. The summed E-state index contributed by atoms with van der Waals surface area (Å²) < 4.78 is 6.86. The zero-order valence-corrected chi connectivity index (χ0v) is 19.8. The largest absolute Gasteiger partial charge is 0.497 e. The Morgan fingerprint density at radius 3 is 2.46 bits per heavy atom. The average Bonchev–Trinajstić information content (AvgIpc) is 3.31. The number of carbonyl (C=O) groups excluding carboxylic acids is 1. The smallest absolute Gasteiger partial charge is 0.275 e. The maximum absolute atomic E-state index is 13.0. The van der Waals surface area contributed by atoms with E-state index >= 15 is 0 Å². The minimum atomic E-state index is -0.285. The highest BCUT2D eigenvalue weighted by Crippen LogP contribution is 2.24. The predicted octanol–water partition coefficient (Wildman–Crippen LogP) is 3.46. The third-order valence-electron chi connectivity index (χ3n) is 6.10. The molecule has 9 nitrogen and oxygen atoms in total. The third-order valence-corrected chi connectivity index (χ3v) is 6.10. The highest BCUT2D eigenvalue weighted by Gasteiger charge is 2.20. The Morgan fingerprint density at radius 1 is 0.914 bits per heavy atom. The van der Waals surface area contributed by atoms with E-state index in [1.807, 2.05) is 36.4 Å². The Morgan fingerprint density at radius 2 is 1.69 bits per heavy atom. The SMILES string of the molecule is COc1cccc(-c2cc(C(=O)Nc3cc(N4CCN(c5ccccc5)CC4)ncn3)n(C)n2)c1. The number of rotatable bonds is 6. The number of aromatic nitrogens is 4. The lowest BCUT2D eigenvalue weighted by Gasteiger charge is -2.36. The van der Waals surface area contributed by atoms with E-state index < -0.39 is 0 Å². The second-order valence-electron chi connectivity index (χ2n) is 8.30. The van der Waals surface area contributed by atoms with Gasteiger partial charge in [0.2, 0.25) is 0 Å². The van der Waals surface area contributed by atoms with E-state index in [1.54, 1.807) is 24.9 Å². The molecule has 35 heavy (non-hydrogen) atoms. The summed E-state index contributed by atoms with van der Waals surface area (Å²) in [6.07, 6.45) is 1.49. The van der Waals surface area contributed by atoms with Crippen molar-refractivity contribution in [3.63, 3.8) is 0 Å². The number of nitrogens with one attached hydrogen (secondary N) is 1. The first-order valence-electron chi connectivity index (χ1n) is 11.5. The second-order valence-corrected chi connectivity index (χ2v) is 8.30. The van der Waals surface area contributed by atoms with Gasteiger partial charge < -0.3 is 19.9 Å². The molecule has 4 aromatic rings. The van der Waals surface area contributed by atoms with E-state index in [9.17, 15) is 4.79 Å². The van der Waals surface area contributed by atoms with Crippen molar-refractivity contribution in [3.05, 3.63) is 78.8 Å². The highest BCUT2D eigenvalue weighted by atomic mass is 16.5. The third kappa shape index (κ3) is 4.93. The van der Waals surface area contributed by atoms with Gasteiger partial charge in [-0.1, -0.05) is 30.3 Å². The number of hydrogen-bond acceptors (Lipinski definition) is 7. The molecule has 0 spiro atoms. The number of amides is 1. The first-order chi connectivity index (χ1) is 17.1. The quantitative estimate of drug-likeness (QED) is 0.463. The van der Waals surface area contributed by atoms with Crippen molar-refractivity contribution in [2.75, 3.05) is 48.4 Å². The summed E-state index contributed by atoms with van der Waals surface area (Å²) in [4.78, 5) is 26.3. The Bertz CT molecular complexity index is 1310. The van der Waals surface area contributed by atoms with Crippen LogP contribution in [0, 0.1) is 0 Å². The molecule has 0 atom stereocenters. The van der Waals surface area contributed by atoms with Gasteiger partial charge in [-0.15, -0.1) is 0 Å². The van der Waals surface area contributed by atoms with E-state index in [1.165, 1.54) is 12.0 Å². The number of nitrogens with zero attached hydrogens (tertiary/aromatic N) is 6. The number of aryl methyl sites for hydroxylation is 1. The monoisotopic (exact) mass is 469 g/mol. The van der Waals surface area contributed by atoms with Gasteiger partial charge in [-0.25, -0.2) is 9.97 Å². The fourth-order valence-electron chi connectivity index (χ4n) is 4.20. The minimum absolute atomic E-state index is 0.285. The Hall–Kier alpha value is -4.40. The summed E-state index contributed by atoms with van der Waals surface area (Å²) in [7, 11) is 3.37. The minimum Gasteiger partial charge on any atom is -0.497 e. The van der Waals surface area contributed by atoms with Crippen molar-refractivity contribution in [1.82, 2.24) is 19.7 Å². The zero-order valence-electron chi connectivity index (χ0n) is 19.8. The van der Waals surface area contributed by atoms with Crippen LogP contribution < -0.4 is 19.9 Å². The predicted molar refractivity (Wildman–Crippen MR) is 136 cm³/mol. The molecule has 0 unspecified atom stereocenters. The topological polar surface area (TPSA) is 88.4 Å². The van der Waals surface area contributed by atoms with Crippen molar-refractivity contribution in [2.24, 2.45) is 7.05 Å². The molecule has 1 fully saturated rings. The molecule has 2 aromatic heterocycles. The van der Waals surface area contributed by atoms with Crippen molar-refractivity contribution in [2.45, 2.75) is 0 Å². The summed E-state index contributed by atoms with van der Waals surface area (Å²) in [6, 6.07) is 21.6. The van der Waals surface area contributed by atoms with Crippen LogP contribution >= 0.6 is 0 Å². The molecule has 1 amide bonds. The standard InChI is InChI=1S/C26H27N7O2/c1-31-23(16-22(30-31)19-7-6-10-21(15-19)35-2)26(34)29-24-17-25(28-18-27-24)33-13-11-32(12-14-33)20-8-4-3-5-9-20/h3-10,15-18H,11-14H2,1-2H3,(H,27,28,29,34). The van der Waals surface area contributed by atoms with Gasteiger partial charge in [0.25, 0.3) is 5.91 Å². The molecule has 3 heterocycles. The van der Waals surface area contributed by atoms with Crippen LogP contribution in [0.5, 0.6) is 5.75 Å². The van der Waals surface area contributed by atoms with Gasteiger partial charge in [0.05, 0.1) is 12.8 Å². The molecule has 1 saturated heterocycles. The maximum atomic E-state index is 13.0. The summed E-state index contributed by atoms with van der Waals surface area (Å²) in [5, 5.41) is 7.38.